The van der Waals surface area contributed by atoms with Crippen LogP contribution in [0, 0.1) is 5.92 Å². The van der Waals surface area contributed by atoms with Gasteiger partial charge in [-0.15, -0.1) is 0 Å². The molecule has 0 aromatic carbocycles. The molecule has 18 heavy (non-hydrogen) atoms. The largest absolute Gasteiger partial charge is 0.381 e. The molecule has 0 aromatic heterocycles. The zero-order chi connectivity index (χ0) is 12.8. The van der Waals surface area contributed by atoms with Crippen molar-refractivity contribution in [2.75, 3.05) is 31.3 Å². The molecule has 1 aliphatic heterocycles. The number of ether oxygens (including phenoxy) is 1. The van der Waals surface area contributed by atoms with Crippen LogP contribution in [0.3, 0.4) is 0 Å². The van der Waals surface area contributed by atoms with E-state index in [1.165, 1.54) is 12.8 Å². The maximum absolute atomic E-state index is 12.0. The second-order valence-electron chi connectivity index (χ2n) is 5.61. The normalized spacial score (nSPS) is 23.6. The maximum Gasteiger partial charge on any atom is 0.151 e. The molecule has 0 bridgehead atoms. The van der Waals surface area contributed by atoms with Crippen molar-refractivity contribution in [1.29, 1.82) is 0 Å². The first kappa shape index (κ1) is 14.3. The van der Waals surface area contributed by atoms with Crippen LogP contribution in [0.4, 0.5) is 0 Å². The van der Waals surface area contributed by atoms with Gasteiger partial charge >= 0.3 is 0 Å². The van der Waals surface area contributed by atoms with Crippen molar-refractivity contribution in [3.8, 4) is 0 Å². The van der Waals surface area contributed by atoms with Crippen molar-refractivity contribution in [1.82, 2.24) is 5.32 Å². The minimum absolute atomic E-state index is 0.293. The molecular weight excluding hydrogens is 250 g/mol. The van der Waals surface area contributed by atoms with E-state index in [0.29, 0.717) is 30.0 Å². The van der Waals surface area contributed by atoms with Crippen molar-refractivity contribution in [2.24, 2.45) is 5.92 Å². The van der Waals surface area contributed by atoms with Crippen molar-refractivity contribution in [3.05, 3.63) is 0 Å². The smallest absolute Gasteiger partial charge is 0.151 e. The van der Waals surface area contributed by atoms with Crippen molar-refractivity contribution in [3.63, 3.8) is 0 Å². The fraction of sp³-hybridized carbons (Fsp3) is 1.00. The average molecular weight is 275 g/mol. The van der Waals surface area contributed by atoms with Crippen molar-refractivity contribution < 1.29 is 13.2 Å². The number of sulfone groups is 1. The lowest BCUT2D eigenvalue weighted by Crippen LogP contribution is -2.38. The molecule has 2 fully saturated rings. The predicted octanol–water partition coefficient (Wildman–Crippen LogP) is 1.36. The minimum Gasteiger partial charge on any atom is -0.381 e. The summed E-state index contributed by atoms with van der Waals surface area (Å²) < 4.78 is 29.2. The van der Waals surface area contributed by atoms with Gasteiger partial charge in [-0.1, -0.05) is 12.8 Å². The van der Waals surface area contributed by atoms with E-state index in [4.69, 9.17) is 4.74 Å². The van der Waals surface area contributed by atoms with E-state index in [2.05, 4.69) is 5.32 Å². The van der Waals surface area contributed by atoms with Crippen LogP contribution in [0.1, 0.15) is 38.5 Å². The van der Waals surface area contributed by atoms with Gasteiger partial charge in [0.15, 0.2) is 9.84 Å². The summed E-state index contributed by atoms with van der Waals surface area (Å²) in [5.41, 5.74) is 0. The molecular formula is C13H25NO3S. The highest BCUT2D eigenvalue weighted by molar-refractivity contribution is 7.91. The summed E-state index contributed by atoms with van der Waals surface area (Å²) >= 11 is 0. The highest BCUT2D eigenvalue weighted by Crippen LogP contribution is 2.26. The van der Waals surface area contributed by atoms with E-state index >= 15 is 0 Å². The Labute approximate surface area is 110 Å². The first-order valence-electron chi connectivity index (χ1n) is 7.17. The molecule has 0 unspecified atom stereocenters. The van der Waals surface area contributed by atoms with E-state index in [0.717, 1.165) is 38.9 Å². The van der Waals surface area contributed by atoms with E-state index in [1.807, 2.05) is 0 Å². The Morgan fingerprint density at radius 3 is 2.39 bits per heavy atom. The first-order chi connectivity index (χ1) is 8.66. The van der Waals surface area contributed by atoms with Gasteiger partial charge in [0, 0.05) is 25.8 Å². The summed E-state index contributed by atoms with van der Waals surface area (Å²) in [6.45, 7) is 2.19. The molecule has 5 heteroatoms. The van der Waals surface area contributed by atoms with Gasteiger partial charge < -0.3 is 10.1 Å². The highest BCUT2D eigenvalue weighted by atomic mass is 32.2. The van der Waals surface area contributed by atoms with Gasteiger partial charge in [0.05, 0.1) is 11.5 Å². The van der Waals surface area contributed by atoms with Crippen LogP contribution in [0.15, 0.2) is 0 Å². The second-order valence-corrected chi connectivity index (χ2v) is 7.83. The summed E-state index contributed by atoms with van der Waals surface area (Å²) in [7, 11) is -2.86. The van der Waals surface area contributed by atoms with Gasteiger partial charge in [0.2, 0.25) is 0 Å². The van der Waals surface area contributed by atoms with Crippen LogP contribution >= 0.6 is 0 Å². The molecule has 1 N–H and O–H groups in total. The van der Waals surface area contributed by atoms with Gasteiger partial charge in [-0.25, -0.2) is 8.42 Å². The number of hydrogen-bond donors (Lipinski definition) is 1. The molecule has 2 aliphatic rings. The van der Waals surface area contributed by atoms with Gasteiger partial charge in [0.1, 0.15) is 0 Å². The minimum atomic E-state index is -2.86. The fourth-order valence-corrected chi connectivity index (χ4v) is 4.59. The molecule has 0 aromatic rings. The molecule has 0 atom stereocenters. The Bertz CT molecular complexity index is 330. The first-order valence-corrected chi connectivity index (χ1v) is 8.99. The van der Waals surface area contributed by atoms with E-state index in [-0.39, 0.29) is 0 Å². The van der Waals surface area contributed by atoms with Gasteiger partial charge in [0.25, 0.3) is 0 Å². The van der Waals surface area contributed by atoms with Crippen molar-refractivity contribution in [2.45, 2.75) is 44.6 Å². The van der Waals surface area contributed by atoms with Gasteiger partial charge in [-0.05, 0) is 31.6 Å². The molecule has 0 spiro atoms. The Hall–Kier alpha value is -0.130. The molecule has 1 saturated heterocycles. The number of rotatable bonds is 6. The van der Waals surface area contributed by atoms with Crippen LogP contribution in [0.25, 0.3) is 0 Å². The zero-order valence-corrected chi connectivity index (χ0v) is 11.9. The topological polar surface area (TPSA) is 55.4 Å². The van der Waals surface area contributed by atoms with Gasteiger partial charge in [-0.3, -0.25) is 0 Å². The summed E-state index contributed by atoms with van der Waals surface area (Å²) in [6.07, 6.45) is 6.63. The lowest BCUT2D eigenvalue weighted by atomic mass is 10.1. The highest BCUT2D eigenvalue weighted by Gasteiger charge is 2.22. The SMILES string of the molecule is O=S(=O)(CCNC1CCOCC1)CC1CCCC1. The van der Waals surface area contributed by atoms with E-state index < -0.39 is 9.84 Å². The van der Waals surface area contributed by atoms with Gasteiger partial charge in [-0.2, -0.15) is 0 Å². The average Bonchev–Trinajstić information content (AvgIpc) is 2.82. The summed E-state index contributed by atoms with van der Waals surface area (Å²) in [4.78, 5) is 0. The third-order valence-corrected chi connectivity index (χ3v) is 5.84. The Balaban J connectivity index is 1.64. The molecule has 1 saturated carbocycles. The van der Waals surface area contributed by atoms with Crippen LogP contribution < -0.4 is 5.32 Å². The Kier molecular flexibility index (Phi) is 5.45. The number of hydrogen-bond acceptors (Lipinski definition) is 4. The predicted molar refractivity (Wildman–Crippen MR) is 72.5 cm³/mol. The molecule has 0 radical (unpaired) electrons. The second kappa shape index (κ2) is 6.87. The lowest BCUT2D eigenvalue weighted by Gasteiger charge is -2.23. The van der Waals surface area contributed by atoms with Crippen LogP contribution in [-0.2, 0) is 14.6 Å². The van der Waals surface area contributed by atoms with Crippen LogP contribution in [0.5, 0.6) is 0 Å². The van der Waals surface area contributed by atoms with Crippen LogP contribution in [-0.4, -0.2) is 45.7 Å². The fourth-order valence-electron chi connectivity index (χ4n) is 2.94. The molecule has 2 rings (SSSR count). The van der Waals surface area contributed by atoms with E-state index in [9.17, 15) is 8.42 Å². The standard InChI is InChI=1S/C13H25NO3S/c15-18(16,11-12-3-1-2-4-12)10-7-14-13-5-8-17-9-6-13/h12-14H,1-11H2. The molecule has 4 nitrogen and oxygen atoms in total. The third kappa shape index (κ3) is 4.86. The lowest BCUT2D eigenvalue weighted by molar-refractivity contribution is 0.0785. The molecule has 106 valence electrons. The molecule has 1 heterocycles. The third-order valence-electron chi connectivity index (χ3n) is 4.03. The van der Waals surface area contributed by atoms with E-state index in [1.54, 1.807) is 0 Å². The summed E-state index contributed by atoms with van der Waals surface area (Å²) in [6, 6.07) is 0.445. The van der Waals surface area contributed by atoms with Crippen LogP contribution in [0.2, 0.25) is 0 Å². The Morgan fingerprint density at radius 1 is 1.06 bits per heavy atom. The van der Waals surface area contributed by atoms with Crippen molar-refractivity contribution >= 4 is 9.84 Å². The summed E-state index contributed by atoms with van der Waals surface area (Å²) in [5.74, 6) is 1.13. The molecule has 0 amide bonds. The molecule has 1 aliphatic carbocycles. The number of nitrogens with one attached hydrogen (secondary N) is 1. The maximum atomic E-state index is 12.0. The summed E-state index contributed by atoms with van der Waals surface area (Å²) in [5, 5.41) is 3.34. The monoisotopic (exact) mass is 275 g/mol. The Morgan fingerprint density at radius 2 is 1.72 bits per heavy atom. The quantitative estimate of drug-likeness (QED) is 0.795. The zero-order valence-electron chi connectivity index (χ0n) is 11.1.